The summed E-state index contributed by atoms with van der Waals surface area (Å²) < 4.78 is 5.44. The molecule has 4 aromatic rings. The molecule has 33 heavy (non-hydrogen) atoms. The summed E-state index contributed by atoms with van der Waals surface area (Å²) in [6.45, 7) is 6.99. The third-order valence-corrected chi connectivity index (χ3v) is 7.14. The van der Waals surface area contributed by atoms with Crippen molar-refractivity contribution in [2.45, 2.75) is 13.8 Å². The van der Waals surface area contributed by atoms with Gasteiger partial charge >= 0.3 is 0 Å². The molecule has 0 bridgehead atoms. The van der Waals surface area contributed by atoms with Crippen LogP contribution in [0.3, 0.4) is 0 Å². The summed E-state index contributed by atoms with van der Waals surface area (Å²) >= 11 is 7.58. The Morgan fingerprint density at radius 2 is 1.76 bits per heavy atom. The quantitative estimate of drug-likeness (QED) is 0.376. The van der Waals surface area contributed by atoms with Crippen LogP contribution in [0.4, 0.5) is 5.69 Å². The van der Waals surface area contributed by atoms with Crippen LogP contribution in [0, 0.1) is 13.8 Å². The Bertz CT molecular complexity index is 1290. The summed E-state index contributed by atoms with van der Waals surface area (Å²) in [6, 6.07) is 17.6. The lowest BCUT2D eigenvalue weighted by Crippen LogP contribution is -2.48. The summed E-state index contributed by atoms with van der Waals surface area (Å²) in [5.41, 5.74) is 4.37. The number of anilines is 1. The van der Waals surface area contributed by atoms with E-state index < -0.39 is 0 Å². The van der Waals surface area contributed by atoms with E-state index in [1.54, 1.807) is 0 Å². The van der Waals surface area contributed by atoms with Crippen molar-refractivity contribution in [2.75, 3.05) is 31.1 Å². The highest BCUT2D eigenvalue weighted by Gasteiger charge is 2.25. The summed E-state index contributed by atoms with van der Waals surface area (Å²) in [6.07, 6.45) is 0. The maximum absolute atomic E-state index is 13.1. The molecule has 1 aliphatic rings. The molecule has 2 aromatic heterocycles. The molecule has 1 amide bonds. The normalized spacial score (nSPS) is 14.0. The maximum atomic E-state index is 13.1. The molecule has 6 nitrogen and oxygen atoms in total. The van der Waals surface area contributed by atoms with E-state index in [2.05, 4.69) is 22.0 Å². The summed E-state index contributed by atoms with van der Waals surface area (Å²) in [4.78, 5) is 23.3. The Kier molecular flexibility index (Phi) is 5.91. The van der Waals surface area contributed by atoms with Gasteiger partial charge in [0, 0.05) is 42.5 Å². The number of benzene rings is 2. The Morgan fingerprint density at radius 1 is 1.00 bits per heavy atom. The zero-order chi connectivity index (χ0) is 22.9. The van der Waals surface area contributed by atoms with Crippen molar-refractivity contribution in [2.24, 2.45) is 0 Å². The number of carbonyl (C=O) groups excluding carboxylic acids is 1. The third kappa shape index (κ3) is 4.51. The topological polar surface area (TPSA) is 62.5 Å². The first-order valence-electron chi connectivity index (χ1n) is 10.8. The number of piperazine rings is 1. The molecule has 0 saturated carbocycles. The van der Waals surface area contributed by atoms with Crippen molar-refractivity contribution in [1.29, 1.82) is 0 Å². The van der Waals surface area contributed by atoms with E-state index >= 15 is 0 Å². The summed E-state index contributed by atoms with van der Waals surface area (Å²) in [5.74, 6) is 1.01. The van der Waals surface area contributed by atoms with E-state index in [9.17, 15) is 4.79 Å². The molecule has 5 rings (SSSR count). The van der Waals surface area contributed by atoms with Gasteiger partial charge in [-0.2, -0.15) is 4.98 Å². The summed E-state index contributed by atoms with van der Waals surface area (Å²) in [5, 5.41) is 4.84. The smallest absolute Gasteiger partial charge is 0.264 e. The fourth-order valence-electron chi connectivity index (χ4n) is 3.94. The van der Waals surface area contributed by atoms with Crippen LogP contribution < -0.4 is 4.90 Å². The van der Waals surface area contributed by atoms with Gasteiger partial charge in [0.1, 0.15) is 0 Å². The standard InChI is InChI=1S/C25H23ClN4O2S/c1-16-3-6-18(7-4-16)24-27-23(28-32-24)21-9-10-22(33-21)25(31)30-13-11-29(12-14-30)20-15-19(26)8-5-17(20)2/h3-10,15H,11-14H2,1-2H3. The van der Waals surface area contributed by atoms with E-state index in [4.69, 9.17) is 16.1 Å². The van der Waals surface area contributed by atoms with Crippen molar-refractivity contribution in [1.82, 2.24) is 15.0 Å². The molecule has 0 spiro atoms. The fraction of sp³-hybridized carbons (Fsp3) is 0.240. The number of thiophene rings is 1. The molecule has 1 aliphatic heterocycles. The van der Waals surface area contributed by atoms with Crippen LogP contribution in [0.5, 0.6) is 0 Å². The maximum Gasteiger partial charge on any atom is 0.264 e. The Morgan fingerprint density at radius 3 is 2.52 bits per heavy atom. The largest absolute Gasteiger partial charge is 0.368 e. The minimum absolute atomic E-state index is 0.0379. The van der Waals surface area contributed by atoms with Crippen LogP contribution in [-0.2, 0) is 0 Å². The molecule has 1 fully saturated rings. The Labute approximate surface area is 201 Å². The highest BCUT2D eigenvalue weighted by Crippen LogP contribution is 2.30. The van der Waals surface area contributed by atoms with Gasteiger partial charge in [0.15, 0.2) is 0 Å². The van der Waals surface area contributed by atoms with E-state index in [0.29, 0.717) is 29.7 Å². The number of nitrogens with zero attached hydrogens (tertiary/aromatic N) is 4. The third-order valence-electron chi connectivity index (χ3n) is 5.84. The van der Waals surface area contributed by atoms with Crippen molar-refractivity contribution >= 4 is 34.5 Å². The first kappa shape index (κ1) is 21.7. The van der Waals surface area contributed by atoms with Gasteiger partial charge in [-0.1, -0.05) is 40.5 Å². The van der Waals surface area contributed by atoms with Crippen LogP contribution in [0.1, 0.15) is 20.8 Å². The second kappa shape index (κ2) is 9.00. The van der Waals surface area contributed by atoms with Crippen molar-refractivity contribution in [3.63, 3.8) is 0 Å². The molecule has 0 unspecified atom stereocenters. The number of aryl methyl sites for hydroxylation is 2. The molecule has 3 heterocycles. The first-order valence-corrected chi connectivity index (χ1v) is 12.0. The van der Waals surface area contributed by atoms with E-state index in [1.807, 2.05) is 66.4 Å². The average molecular weight is 479 g/mol. The van der Waals surface area contributed by atoms with Crippen molar-refractivity contribution in [3.8, 4) is 22.2 Å². The van der Waals surface area contributed by atoms with Gasteiger partial charge in [-0.3, -0.25) is 4.79 Å². The average Bonchev–Trinajstić information content (AvgIpc) is 3.51. The van der Waals surface area contributed by atoms with Gasteiger partial charge in [0.2, 0.25) is 5.82 Å². The zero-order valence-corrected chi connectivity index (χ0v) is 20.0. The van der Waals surface area contributed by atoms with Gasteiger partial charge < -0.3 is 14.3 Å². The van der Waals surface area contributed by atoms with Crippen LogP contribution in [-0.4, -0.2) is 47.1 Å². The molecule has 0 radical (unpaired) electrons. The minimum atomic E-state index is 0.0379. The lowest BCUT2D eigenvalue weighted by molar-refractivity contribution is 0.0751. The second-order valence-corrected chi connectivity index (χ2v) is 9.68. The van der Waals surface area contributed by atoms with Crippen LogP contribution in [0.15, 0.2) is 59.1 Å². The molecular formula is C25H23ClN4O2S. The predicted octanol–water partition coefficient (Wildman–Crippen LogP) is 5.70. The molecule has 2 aromatic carbocycles. The van der Waals surface area contributed by atoms with Gasteiger partial charge in [-0.25, -0.2) is 0 Å². The van der Waals surface area contributed by atoms with Crippen LogP contribution in [0.2, 0.25) is 5.02 Å². The van der Waals surface area contributed by atoms with Crippen molar-refractivity contribution < 1.29 is 9.32 Å². The number of halogens is 1. The van der Waals surface area contributed by atoms with Gasteiger partial charge in [0.05, 0.1) is 9.75 Å². The van der Waals surface area contributed by atoms with Crippen molar-refractivity contribution in [3.05, 3.63) is 75.6 Å². The first-order chi connectivity index (χ1) is 16.0. The molecule has 0 N–H and O–H groups in total. The second-order valence-electron chi connectivity index (χ2n) is 8.16. The van der Waals surface area contributed by atoms with Gasteiger partial charge in [-0.15, -0.1) is 11.3 Å². The van der Waals surface area contributed by atoms with E-state index in [-0.39, 0.29) is 5.91 Å². The minimum Gasteiger partial charge on any atom is -0.368 e. The number of hydrogen-bond donors (Lipinski definition) is 0. The fourth-order valence-corrected chi connectivity index (χ4v) is 5.01. The van der Waals surface area contributed by atoms with Gasteiger partial charge in [-0.05, 0) is 55.8 Å². The SMILES string of the molecule is Cc1ccc(-c2nc(-c3ccc(C(=O)N4CCN(c5cc(Cl)ccc5C)CC4)s3)no2)cc1. The molecule has 168 valence electrons. The van der Waals surface area contributed by atoms with Gasteiger partial charge in [0.25, 0.3) is 11.8 Å². The number of hydrogen-bond acceptors (Lipinski definition) is 6. The Hall–Kier alpha value is -3.16. The molecule has 1 saturated heterocycles. The Balaban J connectivity index is 1.26. The van der Waals surface area contributed by atoms with E-state index in [1.165, 1.54) is 22.5 Å². The highest BCUT2D eigenvalue weighted by molar-refractivity contribution is 7.17. The number of carbonyl (C=O) groups is 1. The summed E-state index contributed by atoms with van der Waals surface area (Å²) in [7, 11) is 0. The molecule has 0 aliphatic carbocycles. The predicted molar refractivity (Wildman–Crippen MR) is 132 cm³/mol. The van der Waals surface area contributed by atoms with Crippen LogP contribution >= 0.6 is 22.9 Å². The lowest BCUT2D eigenvalue weighted by Gasteiger charge is -2.36. The molecule has 8 heteroatoms. The molecule has 0 atom stereocenters. The number of aromatic nitrogens is 2. The number of amides is 1. The lowest BCUT2D eigenvalue weighted by atomic mass is 10.1. The van der Waals surface area contributed by atoms with E-state index in [0.717, 1.165) is 34.2 Å². The highest BCUT2D eigenvalue weighted by atomic mass is 35.5. The zero-order valence-electron chi connectivity index (χ0n) is 18.4. The monoisotopic (exact) mass is 478 g/mol. The molecular weight excluding hydrogens is 456 g/mol. The number of rotatable bonds is 4. The van der Waals surface area contributed by atoms with Crippen LogP contribution in [0.25, 0.3) is 22.2 Å².